The van der Waals surface area contributed by atoms with Gasteiger partial charge in [0.25, 0.3) is 5.91 Å². The predicted molar refractivity (Wildman–Crippen MR) is 117 cm³/mol. The minimum atomic E-state index is -0.828. The van der Waals surface area contributed by atoms with Crippen LogP contribution in [0.2, 0.25) is 5.02 Å². The van der Waals surface area contributed by atoms with Crippen molar-refractivity contribution in [3.63, 3.8) is 0 Å². The molecular formula is C23H32ClN3O2. The molecule has 29 heavy (non-hydrogen) atoms. The summed E-state index contributed by atoms with van der Waals surface area (Å²) in [6, 6.07) is 5.23. The average molecular weight is 420 g/mol. The van der Waals surface area contributed by atoms with Crippen molar-refractivity contribution in [2.75, 3.05) is 37.8 Å². The summed E-state index contributed by atoms with van der Waals surface area (Å²) in [5, 5.41) is 12.5. The molecule has 1 aromatic rings. The second-order valence-corrected chi connectivity index (χ2v) is 9.03. The Morgan fingerprint density at radius 1 is 1.28 bits per heavy atom. The molecule has 1 saturated carbocycles. The first-order chi connectivity index (χ1) is 14.9. The van der Waals surface area contributed by atoms with Crippen LogP contribution in [0.3, 0.4) is 0 Å². The van der Waals surface area contributed by atoms with Gasteiger partial charge in [0.05, 0.1) is 18.7 Å². The van der Waals surface area contributed by atoms with Gasteiger partial charge in [-0.2, -0.15) is 0 Å². The third kappa shape index (κ3) is 4.62. The number of amides is 1. The molecule has 0 radical (unpaired) electrons. The van der Waals surface area contributed by atoms with Gasteiger partial charge in [-0.25, -0.2) is 0 Å². The van der Waals surface area contributed by atoms with E-state index in [1.165, 1.54) is 25.7 Å². The van der Waals surface area contributed by atoms with Crippen molar-refractivity contribution in [3.05, 3.63) is 41.1 Å². The van der Waals surface area contributed by atoms with E-state index >= 15 is 0 Å². The number of hydrogen-bond acceptors (Lipinski definition) is 4. The fourth-order valence-corrected chi connectivity index (χ4v) is 5.19. The van der Waals surface area contributed by atoms with Crippen LogP contribution < -0.4 is 10.2 Å². The molecule has 3 aliphatic rings. The Morgan fingerprint density at radius 2 is 2.03 bits per heavy atom. The summed E-state index contributed by atoms with van der Waals surface area (Å²) in [6.07, 6.45) is 11.1. The van der Waals surface area contributed by atoms with Gasteiger partial charge in [0.2, 0.25) is 0 Å². The van der Waals surface area contributed by atoms with Crippen LogP contribution >= 0.6 is 11.6 Å². The number of aliphatic hydroxyl groups is 1. The molecule has 1 aliphatic carbocycles. The van der Waals surface area contributed by atoms with Crippen LogP contribution in [0.5, 0.6) is 0 Å². The summed E-state index contributed by atoms with van der Waals surface area (Å²) >= 11 is 6.38. The Balaban J connectivity index is 1.41. The number of benzene rings is 1. The summed E-state index contributed by atoms with van der Waals surface area (Å²) in [5.74, 6) is 0.669. The number of nitrogens with zero attached hydrogens (tertiary/aromatic N) is 2. The maximum Gasteiger partial charge on any atom is 0.253 e. The first kappa shape index (κ1) is 18.2. The van der Waals surface area contributed by atoms with Crippen molar-refractivity contribution >= 4 is 23.2 Å². The number of piperidine rings is 1. The number of rotatable bonds is 4. The van der Waals surface area contributed by atoms with Crippen LogP contribution in [0, 0.1) is 11.3 Å². The van der Waals surface area contributed by atoms with Gasteiger partial charge in [0.1, 0.15) is 0 Å². The lowest BCUT2D eigenvalue weighted by molar-refractivity contribution is 0.0378. The van der Waals surface area contributed by atoms with E-state index in [1.54, 1.807) is 35.4 Å². The van der Waals surface area contributed by atoms with Gasteiger partial charge in [-0.15, -0.1) is 0 Å². The van der Waals surface area contributed by atoms with Crippen LogP contribution in [0.25, 0.3) is 0 Å². The minimum Gasteiger partial charge on any atom is -0.396 e. The molecule has 2 aliphatic heterocycles. The molecule has 1 spiro atoms. The fourth-order valence-electron chi connectivity index (χ4n) is 4.98. The molecule has 0 bridgehead atoms. The van der Waals surface area contributed by atoms with E-state index in [0.717, 1.165) is 32.4 Å². The molecule has 2 heterocycles. The fraction of sp³-hybridized carbons (Fsp3) is 0.609. The van der Waals surface area contributed by atoms with Gasteiger partial charge in [-0.1, -0.05) is 17.7 Å². The third-order valence-corrected chi connectivity index (χ3v) is 7.26. The van der Waals surface area contributed by atoms with Crippen molar-refractivity contribution in [3.8, 4) is 0 Å². The van der Waals surface area contributed by atoms with Crippen molar-refractivity contribution in [2.24, 2.45) is 11.3 Å². The molecule has 1 aromatic carbocycles. The summed E-state index contributed by atoms with van der Waals surface area (Å²) in [5.41, 5.74) is 1.54. The Morgan fingerprint density at radius 3 is 2.72 bits per heavy atom. The van der Waals surface area contributed by atoms with Gasteiger partial charge in [-0.3, -0.25) is 10.1 Å². The average Bonchev–Trinajstić information content (AvgIpc) is 2.77. The Bertz CT molecular complexity index is 819. The first-order valence-corrected chi connectivity index (χ1v) is 11.1. The minimum absolute atomic E-state index is 0.00980. The predicted octanol–water partition coefficient (Wildman–Crippen LogP) is 4.02. The van der Waals surface area contributed by atoms with Gasteiger partial charge in [0, 0.05) is 39.4 Å². The van der Waals surface area contributed by atoms with E-state index in [2.05, 4.69) is 5.32 Å². The zero-order chi connectivity index (χ0) is 22.0. The van der Waals surface area contributed by atoms with E-state index in [4.69, 9.17) is 14.3 Å². The maximum atomic E-state index is 13.2. The molecule has 1 saturated heterocycles. The van der Waals surface area contributed by atoms with E-state index < -0.39 is 13.2 Å². The third-order valence-electron chi connectivity index (χ3n) is 6.94. The lowest BCUT2D eigenvalue weighted by Gasteiger charge is -2.46. The van der Waals surface area contributed by atoms with Gasteiger partial charge < -0.3 is 14.9 Å². The molecule has 1 amide bonds. The lowest BCUT2D eigenvalue weighted by Crippen LogP contribution is -2.44. The van der Waals surface area contributed by atoms with Crippen LogP contribution in [-0.2, 0) is 0 Å². The maximum absolute atomic E-state index is 13.2. The van der Waals surface area contributed by atoms with E-state index in [0.29, 0.717) is 27.6 Å². The molecule has 2 fully saturated rings. The molecule has 5 nitrogen and oxygen atoms in total. The largest absolute Gasteiger partial charge is 0.396 e. The van der Waals surface area contributed by atoms with Gasteiger partial charge in [0.15, 0.2) is 0 Å². The van der Waals surface area contributed by atoms with Crippen LogP contribution in [0.15, 0.2) is 30.5 Å². The number of anilines is 1. The van der Waals surface area contributed by atoms with Crippen molar-refractivity contribution in [2.45, 2.75) is 44.9 Å². The molecule has 0 aromatic heterocycles. The highest BCUT2D eigenvalue weighted by Gasteiger charge is 2.39. The summed E-state index contributed by atoms with van der Waals surface area (Å²) in [7, 11) is 0. The Hall–Kier alpha value is -1.56. The number of halogens is 1. The number of nitrogens with one attached hydrogen (secondary N) is 1. The Labute approximate surface area is 181 Å². The second kappa shape index (κ2) is 9.07. The molecule has 4 rings (SSSR count). The normalized spacial score (nSPS) is 28.3. The molecule has 2 atom stereocenters. The molecule has 2 unspecified atom stereocenters. The summed E-state index contributed by atoms with van der Waals surface area (Å²) in [6.45, 7) is 0.382. The molecular weight excluding hydrogens is 386 g/mol. The molecule has 158 valence electrons. The van der Waals surface area contributed by atoms with Gasteiger partial charge >= 0.3 is 0 Å². The highest BCUT2D eigenvalue weighted by Crippen LogP contribution is 2.47. The highest BCUT2D eigenvalue weighted by atomic mass is 35.5. The number of carbonyl (C=O) groups is 1. The number of carbonyl (C=O) groups excluding carboxylic acids is 1. The van der Waals surface area contributed by atoms with Crippen molar-refractivity contribution < 1.29 is 12.6 Å². The van der Waals surface area contributed by atoms with Gasteiger partial charge in [-0.05, 0) is 74.5 Å². The number of hydrogen-bond donors (Lipinski definition) is 2. The number of likely N-dealkylation sites (tertiary alicyclic amines) is 1. The van der Waals surface area contributed by atoms with E-state index in [1.807, 2.05) is 4.90 Å². The molecule has 2 N–H and O–H groups in total. The SMILES string of the molecule is [2H]C1C=CN(c2cc(C(=O)N3CCC4(CCC(CCO)CC4)CC3)ccc2Cl)C([2H])N1. The summed E-state index contributed by atoms with van der Waals surface area (Å²) < 4.78 is 15.9. The van der Waals surface area contributed by atoms with Crippen molar-refractivity contribution in [1.82, 2.24) is 10.2 Å². The molecule has 6 heteroatoms. The number of aliphatic hydroxyl groups excluding tert-OH is 1. The van der Waals surface area contributed by atoms with Crippen LogP contribution in [0.4, 0.5) is 5.69 Å². The lowest BCUT2D eigenvalue weighted by atomic mass is 9.65. The Kier molecular flexibility index (Phi) is 5.70. The van der Waals surface area contributed by atoms with Crippen LogP contribution in [-0.4, -0.2) is 48.8 Å². The first-order valence-electron chi connectivity index (χ1n) is 11.8. The van der Waals surface area contributed by atoms with E-state index in [-0.39, 0.29) is 12.5 Å². The topological polar surface area (TPSA) is 55.8 Å². The standard InChI is InChI=1S/C23H32ClN3O2/c24-20-3-2-19(16-21(20)27-12-1-11-25-17-27)22(29)26-13-9-23(10-14-26)7-4-18(5-8-23)6-15-28/h1-3,12,16,18,25,28H,4-11,13-15,17H2/i11D,17D. The quantitative estimate of drug-likeness (QED) is 0.774. The van der Waals surface area contributed by atoms with E-state index in [9.17, 15) is 9.90 Å². The van der Waals surface area contributed by atoms with Crippen LogP contribution in [0.1, 0.15) is 58.0 Å². The van der Waals surface area contributed by atoms with Crippen molar-refractivity contribution in [1.29, 1.82) is 0 Å². The summed E-state index contributed by atoms with van der Waals surface area (Å²) in [4.78, 5) is 16.8. The monoisotopic (exact) mass is 419 g/mol. The zero-order valence-electron chi connectivity index (χ0n) is 18.8. The highest BCUT2D eigenvalue weighted by molar-refractivity contribution is 6.33. The second-order valence-electron chi connectivity index (χ2n) is 8.63. The zero-order valence-corrected chi connectivity index (χ0v) is 17.6. The smallest absolute Gasteiger partial charge is 0.253 e.